The third kappa shape index (κ3) is 2.24. The minimum Gasteiger partial charge on any atom is -0.329 e. The summed E-state index contributed by atoms with van der Waals surface area (Å²) in [5.41, 5.74) is 5.74. The maximum absolute atomic E-state index is 5.74. The van der Waals surface area contributed by atoms with E-state index in [0.29, 0.717) is 0 Å². The smallest absolute Gasteiger partial charge is 0.169 e. The van der Waals surface area contributed by atoms with Gasteiger partial charge < -0.3 is 10.3 Å². The number of hydrogen-bond donors (Lipinski definition) is 1. The average molecular weight is 171 g/mol. The second kappa shape index (κ2) is 3.78. The molecule has 1 aromatic heterocycles. The van der Waals surface area contributed by atoms with Crippen LogP contribution in [0.1, 0.15) is 13.3 Å². The van der Waals surface area contributed by atoms with Crippen molar-refractivity contribution in [3.8, 4) is 0 Å². The van der Waals surface area contributed by atoms with Crippen LogP contribution in [0.4, 0.5) is 0 Å². The zero-order chi connectivity index (χ0) is 8.27. The lowest BCUT2D eigenvalue weighted by Gasteiger charge is -2.06. The summed E-state index contributed by atoms with van der Waals surface area (Å²) < 4.78 is 1.97. The second-order valence-electron chi connectivity index (χ2n) is 2.39. The van der Waals surface area contributed by atoms with E-state index < -0.39 is 0 Å². The van der Waals surface area contributed by atoms with Gasteiger partial charge in [-0.05, 0) is 6.42 Å². The molecule has 1 atom stereocenters. The van der Waals surface area contributed by atoms with Crippen molar-refractivity contribution in [1.29, 1.82) is 0 Å². The molecule has 0 aliphatic heterocycles. The summed E-state index contributed by atoms with van der Waals surface area (Å²) in [5, 5.41) is 1.15. The van der Waals surface area contributed by atoms with Gasteiger partial charge in [0.1, 0.15) is 0 Å². The van der Waals surface area contributed by atoms with Crippen LogP contribution in [0.15, 0.2) is 17.6 Å². The van der Waals surface area contributed by atoms with E-state index in [0.717, 1.165) is 11.6 Å². The standard InChI is InChI=1S/C7H13N3S/c1-3-6(8)11-7-9-4-5-10(7)2/h4-6H,3,8H2,1-2H3. The SMILES string of the molecule is CCC(N)Sc1nccn1C. The third-order valence-corrected chi connectivity index (χ3v) is 2.68. The summed E-state index contributed by atoms with van der Waals surface area (Å²) in [7, 11) is 1.97. The molecule has 0 radical (unpaired) electrons. The Morgan fingerprint density at radius 3 is 3.00 bits per heavy atom. The maximum atomic E-state index is 5.74. The Balaban J connectivity index is 2.56. The molecule has 0 aromatic carbocycles. The van der Waals surface area contributed by atoms with Gasteiger partial charge in [0.25, 0.3) is 0 Å². The lowest BCUT2D eigenvalue weighted by atomic mass is 10.5. The highest BCUT2D eigenvalue weighted by Gasteiger charge is 2.04. The van der Waals surface area contributed by atoms with E-state index in [1.165, 1.54) is 0 Å². The highest BCUT2D eigenvalue weighted by Crippen LogP contribution is 2.18. The lowest BCUT2D eigenvalue weighted by molar-refractivity contribution is 0.776. The molecule has 0 aliphatic rings. The Bertz CT molecular complexity index is 221. The van der Waals surface area contributed by atoms with Crippen LogP contribution in [0.25, 0.3) is 0 Å². The first kappa shape index (κ1) is 8.62. The number of nitrogens with zero attached hydrogens (tertiary/aromatic N) is 2. The largest absolute Gasteiger partial charge is 0.329 e. The van der Waals surface area contributed by atoms with E-state index in [9.17, 15) is 0 Å². The molecule has 0 saturated carbocycles. The molecule has 1 heterocycles. The molecule has 0 bridgehead atoms. The van der Waals surface area contributed by atoms with Gasteiger partial charge in [0.2, 0.25) is 0 Å². The molecule has 0 spiro atoms. The van der Waals surface area contributed by atoms with Crippen molar-refractivity contribution in [3.63, 3.8) is 0 Å². The predicted molar refractivity (Wildman–Crippen MR) is 47.3 cm³/mol. The van der Waals surface area contributed by atoms with Crippen molar-refractivity contribution in [2.75, 3.05) is 0 Å². The van der Waals surface area contributed by atoms with E-state index in [1.54, 1.807) is 18.0 Å². The van der Waals surface area contributed by atoms with Crippen LogP contribution in [0.5, 0.6) is 0 Å². The van der Waals surface area contributed by atoms with E-state index in [1.807, 2.05) is 17.8 Å². The summed E-state index contributed by atoms with van der Waals surface area (Å²) in [5.74, 6) is 0. The first-order valence-electron chi connectivity index (χ1n) is 3.63. The topological polar surface area (TPSA) is 43.8 Å². The molecular formula is C7H13N3S. The highest BCUT2D eigenvalue weighted by molar-refractivity contribution is 7.99. The van der Waals surface area contributed by atoms with E-state index in [-0.39, 0.29) is 5.37 Å². The molecule has 4 heteroatoms. The van der Waals surface area contributed by atoms with Gasteiger partial charge in [-0.1, -0.05) is 18.7 Å². The minimum absolute atomic E-state index is 0.163. The van der Waals surface area contributed by atoms with Gasteiger partial charge in [-0.15, -0.1) is 0 Å². The fourth-order valence-corrected chi connectivity index (χ4v) is 1.47. The Morgan fingerprint density at radius 2 is 2.55 bits per heavy atom. The van der Waals surface area contributed by atoms with Gasteiger partial charge in [-0.3, -0.25) is 0 Å². The molecule has 2 N–H and O–H groups in total. The summed E-state index contributed by atoms with van der Waals surface area (Å²) in [4.78, 5) is 4.15. The van der Waals surface area contributed by atoms with Gasteiger partial charge in [0.05, 0.1) is 5.37 Å². The van der Waals surface area contributed by atoms with Crippen LogP contribution in [0.3, 0.4) is 0 Å². The van der Waals surface area contributed by atoms with Crippen LogP contribution >= 0.6 is 11.8 Å². The van der Waals surface area contributed by atoms with E-state index in [2.05, 4.69) is 11.9 Å². The van der Waals surface area contributed by atoms with Crippen molar-refractivity contribution < 1.29 is 0 Å². The minimum atomic E-state index is 0.163. The monoisotopic (exact) mass is 171 g/mol. The van der Waals surface area contributed by atoms with Crippen molar-refractivity contribution >= 4 is 11.8 Å². The number of aryl methyl sites for hydroxylation is 1. The predicted octanol–water partition coefficient (Wildman–Crippen LogP) is 1.21. The second-order valence-corrected chi connectivity index (χ2v) is 3.59. The number of nitrogens with two attached hydrogens (primary N) is 1. The fourth-order valence-electron chi connectivity index (χ4n) is 0.684. The zero-order valence-corrected chi connectivity index (χ0v) is 7.64. The molecule has 62 valence electrons. The Kier molecular flexibility index (Phi) is 2.96. The molecular weight excluding hydrogens is 158 g/mol. The first-order valence-corrected chi connectivity index (χ1v) is 4.51. The molecule has 0 aliphatic carbocycles. The average Bonchev–Trinajstić information content (AvgIpc) is 2.37. The summed E-state index contributed by atoms with van der Waals surface area (Å²) >= 11 is 1.61. The van der Waals surface area contributed by atoms with E-state index >= 15 is 0 Å². The lowest BCUT2D eigenvalue weighted by Crippen LogP contribution is -2.14. The number of aromatic nitrogens is 2. The zero-order valence-electron chi connectivity index (χ0n) is 6.82. The molecule has 0 amide bonds. The van der Waals surface area contributed by atoms with Crippen LogP contribution in [-0.2, 0) is 7.05 Å². The van der Waals surface area contributed by atoms with Gasteiger partial charge in [0, 0.05) is 19.4 Å². The van der Waals surface area contributed by atoms with Crippen molar-refractivity contribution in [2.24, 2.45) is 12.8 Å². The van der Waals surface area contributed by atoms with Crippen LogP contribution in [0.2, 0.25) is 0 Å². The van der Waals surface area contributed by atoms with Gasteiger partial charge in [-0.2, -0.15) is 0 Å². The summed E-state index contributed by atoms with van der Waals surface area (Å²) in [6.07, 6.45) is 4.67. The first-order chi connectivity index (χ1) is 5.24. The molecule has 0 fully saturated rings. The molecule has 0 saturated heterocycles. The molecule has 3 nitrogen and oxygen atoms in total. The van der Waals surface area contributed by atoms with Crippen LogP contribution in [-0.4, -0.2) is 14.9 Å². The number of rotatable bonds is 3. The highest BCUT2D eigenvalue weighted by atomic mass is 32.2. The van der Waals surface area contributed by atoms with Crippen LogP contribution in [0, 0.1) is 0 Å². The van der Waals surface area contributed by atoms with Crippen molar-refractivity contribution in [2.45, 2.75) is 23.9 Å². The normalized spacial score (nSPS) is 13.4. The molecule has 1 unspecified atom stereocenters. The van der Waals surface area contributed by atoms with Crippen LogP contribution < -0.4 is 5.73 Å². The van der Waals surface area contributed by atoms with Gasteiger partial charge in [-0.25, -0.2) is 4.98 Å². The molecule has 1 aromatic rings. The summed E-state index contributed by atoms with van der Waals surface area (Å²) in [6, 6.07) is 0. The van der Waals surface area contributed by atoms with Gasteiger partial charge >= 0.3 is 0 Å². The summed E-state index contributed by atoms with van der Waals surface area (Å²) in [6.45, 7) is 2.07. The van der Waals surface area contributed by atoms with E-state index in [4.69, 9.17) is 5.73 Å². The molecule has 1 rings (SSSR count). The number of thioether (sulfide) groups is 1. The van der Waals surface area contributed by atoms with Gasteiger partial charge in [0.15, 0.2) is 5.16 Å². The number of hydrogen-bond acceptors (Lipinski definition) is 3. The Labute approximate surface area is 71.0 Å². The number of imidazole rings is 1. The maximum Gasteiger partial charge on any atom is 0.169 e. The van der Waals surface area contributed by atoms with Crippen molar-refractivity contribution in [1.82, 2.24) is 9.55 Å². The van der Waals surface area contributed by atoms with Crippen molar-refractivity contribution in [3.05, 3.63) is 12.4 Å². The quantitative estimate of drug-likeness (QED) is 0.549. The Hall–Kier alpha value is -0.480. The fraction of sp³-hybridized carbons (Fsp3) is 0.571. The Morgan fingerprint density at radius 1 is 1.82 bits per heavy atom. The third-order valence-electron chi connectivity index (χ3n) is 1.44. The molecule has 11 heavy (non-hydrogen) atoms.